The molecule has 0 unspecified atom stereocenters. The molecule has 0 saturated carbocycles. The molecule has 0 atom stereocenters. The molecule has 1 N–H and O–H groups in total. The molecular formula is C27H24Cl2N4O6. The number of phenolic OH excluding ortho intramolecular Hbond substituents is 1. The number of methoxy groups -OCH3 is 1. The lowest BCUT2D eigenvalue weighted by atomic mass is 10.2. The third kappa shape index (κ3) is 7.40. The van der Waals surface area contributed by atoms with Crippen LogP contribution >= 0.6 is 23.2 Å². The number of ether oxygens (including phenoxy) is 3. The number of nitrogens with zero attached hydrogens (tertiary/aromatic N) is 4. The number of aromatic nitrogens is 4. The highest BCUT2D eigenvalue weighted by molar-refractivity contribution is 6.32. The molecular weight excluding hydrogens is 547 g/mol. The maximum Gasteiger partial charge on any atom is 0.342 e. The number of aromatic hydroxyl groups is 1. The topological polar surface area (TPSA) is 134 Å². The number of carbonyl (C=O) groups is 2. The molecule has 2 aromatic carbocycles. The number of carbonyl (C=O) groups excluding carboxylic acids is 2. The van der Waals surface area contributed by atoms with Crippen molar-refractivity contribution in [2.45, 2.75) is 13.8 Å². The van der Waals surface area contributed by atoms with Gasteiger partial charge in [0.2, 0.25) is 0 Å². The van der Waals surface area contributed by atoms with E-state index < -0.39 is 11.9 Å². The van der Waals surface area contributed by atoms with Gasteiger partial charge >= 0.3 is 11.9 Å². The summed E-state index contributed by atoms with van der Waals surface area (Å²) in [6.45, 7) is 3.93. The van der Waals surface area contributed by atoms with Gasteiger partial charge in [0, 0.05) is 12.4 Å². The first-order chi connectivity index (χ1) is 18.8. The molecule has 12 heteroatoms. The summed E-state index contributed by atoms with van der Waals surface area (Å²) in [5.74, 6) is 0.201. The standard InChI is InChI=1S/C14H13ClN2O3.C13H11ClN2O3/c1-3-20-14(18)10-8-16-13(17-12(10)15)9-6-4-5-7-11(9)19-2;1-2-19-13(18)9-7-15-12(16-11(9)14)8-5-3-4-6-10(8)17/h4-8H,3H2,1-2H3;3-7,17H,2H2,1H3. The van der Waals surface area contributed by atoms with E-state index in [4.69, 9.17) is 37.4 Å². The van der Waals surface area contributed by atoms with Crippen LogP contribution in [0.25, 0.3) is 22.8 Å². The Morgan fingerprint density at radius 3 is 1.69 bits per heavy atom. The van der Waals surface area contributed by atoms with Crippen molar-refractivity contribution in [2.75, 3.05) is 20.3 Å². The first kappa shape index (κ1) is 29.3. The van der Waals surface area contributed by atoms with Gasteiger partial charge in [0.1, 0.15) is 32.9 Å². The Morgan fingerprint density at radius 2 is 1.23 bits per heavy atom. The van der Waals surface area contributed by atoms with Crippen LogP contribution in [-0.4, -0.2) is 57.3 Å². The van der Waals surface area contributed by atoms with Gasteiger partial charge in [0.05, 0.1) is 31.5 Å². The van der Waals surface area contributed by atoms with Crippen molar-refractivity contribution >= 4 is 35.1 Å². The molecule has 0 radical (unpaired) electrons. The van der Waals surface area contributed by atoms with Crippen LogP contribution in [0.3, 0.4) is 0 Å². The fourth-order valence-corrected chi connectivity index (χ4v) is 3.58. The van der Waals surface area contributed by atoms with Crippen molar-refractivity contribution in [3.63, 3.8) is 0 Å². The summed E-state index contributed by atoms with van der Waals surface area (Å²) in [5, 5.41) is 9.75. The number of phenols is 1. The maximum atomic E-state index is 11.6. The molecule has 0 aliphatic heterocycles. The van der Waals surface area contributed by atoms with Gasteiger partial charge in [-0.05, 0) is 38.1 Å². The predicted octanol–water partition coefficient (Wildman–Crippen LogP) is 5.66. The molecule has 2 heterocycles. The van der Waals surface area contributed by atoms with E-state index in [-0.39, 0.29) is 46.2 Å². The smallest absolute Gasteiger partial charge is 0.342 e. The van der Waals surface area contributed by atoms with Gasteiger partial charge in [-0.15, -0.1) is 0 Å². The predicted molar refractivity (Wildman–Crippen MR) is 145 cm³/mol. The van der Waals surface area contributed by atoms with E-state index >= 15 is 0 Å². The Morgan fingerprint density at radius 1 is 0.769 bits per heavy atom. The van der Waals surface area contributed by atoms with Crippen LogP contribution < -0.4 is 4.74 Å². The van der Waals surface area contributed by atoms with E-state index in [1.54, 1.807) is 45.2 Å². The Kier molecular flexibility index (Phi) is 10.5. The number of halogens is 2. The average molecular weight is 571 g/mol. The second-order valence-corrected chi connectivity index (χ2v) is 8.17. The van der Waals surface area contributed by atoms with Crippen LogP contribution in [0, 0.1) is 0 Å². The molecule has 202 valence electrons. The van der Waals surface area contributed by atoms with Crippen molar-refractivity contribution in [3.05, 3.63) is 82.4 Å². The Labute approximate surface area is 234 Å². The minimum absolute atomic E-state index is 0.00768. The van der Waals surface area contributed by atoms with Crippen molar-refractivity contribution in [2.24, 2.45) is 0 Å². The first-order valence-electron chi connectivity index (χ1n) is 11.6. The summed E-state index contributed by atoms with van der Waals surface area (Å²) < 4.78 is 14.9. The van der Waals surface area contributed by atoms with Gasteiger partial charge in [-0.1, -0.05) is 47.5 Å². The van der Waals surface area contributed by atoms with Crippen LogP contribution in [0.15, 0.2) is 60.9 Å². The minimum atomic E-state index is -0.573. The number of hydrogen-bond acceptors (Lipinski definition) is 10. The van der Waals surface area contributed by atoms with Crippen molar-refractivity contribution < 1.29 is 28.9 Å². The van der Waals surface area contributed by atoms with Crippen molar-refractivity contribution in [1.29, 1.82) is 0 Å². The molecule has 39 heavy (non-hydrogen) atoms. The molecule has 4 rings (SSSR count). The van der Waals surface area contributed by atoms with E-state index in [2.05, 4.69) is 19.9 Å². The molecule has 0 spiro atoms. The van der Waals surface area contributed by atoms with Gasteiger partial charge < -0.3 is 19.3 Å². The quantitative estimate of drug-likeness (QED) is 0.219. The molecule has 0 saturated heterocycles. The normalized spacial score (nSPS) is 10.2. The van der Waals surface area contributed by atoms with E-state index in [0.717, 1.165) is 0 Å². The van der Waals surface area contributed by atoms with Crippen LogP contribution in [0.4, 0.5) is 0 Å². The zero-order chi connectivity index (χ0) is 28.4. The van der Waals surface area contributed by atoms with E-state index in [1.165, 1.54) is 18.5 Å². The number of para-hydroxylation sites is 2. The number of benzene rings is 2. The number of esters is 2. The minimum Gasteiger partial charge on any atom is -0.507 e. The van der Waals surface area contributed by atoms with Gasteiger partial charge in [-0.3, -0.25) is 0 Å². The zero-order valence-corrected chi connectivity index (χ0v) is 22.7. The highest BCUT2D eigenvalue weighted by Crippen LogP contribution is 2.29. The van der Waals surface area contributed by atoms with Gasteiger partial charge in [0.25, 0.3) is 0 Å². The van der Waals surface area contributed by atoms with Gasteiger partial charge in [-0.2, -0.15) is 0 Å². The molecule has 0 aliphatic rings. The van der Waals surface area contributed by atoms with E-state index in [0.29, 0.717) is 22.7 Å². The molecule has 0 fully saturated rings. The van der Waals surface area contributed by atoms with Crippen molar-refractivity contribution in [3.8, 4) is 34.3 Å². The lowest BCUT2D eigenvalue weighted by Gasteiger charge is -2.08. The van der Waals surface area contributed by atoms with E-state index in [1.807, 2.05) is 18.2 Å². The summed E-state index contributed by atoms with van der Waals surface area (Å²) in [7, 11) is 1.56. The second-order valence-electron chi connectivity index (χ2n) is 7.45. The van der Waals surface area contributed by atoms with Gasteiger partial charge in [-0.25, -0.2) is 29.5 Å². The fraction of sp³-hybridized carbons (Fsp3) is 0.185. The third-order valence-corrected chi connectivity index (χ3v) is 5.54. The second kappa shape index (κ2) is 14.0. The maximum absolute atomic E-state index is 11.6. The number of hydrogen-bond donors (Lipinski definition) is 1. The van der Waals surface area contributed by atoms with Crippen molar-refractivity contribution in [1.82, 2.24) is 19.9 Å². The highest BCUT2D eigenvalue weighted by atomic mass is 35.5. The molecule has 4 aromatic rings. The van der Waals surface area contributed by atoms with Crippen LogP contribution in [0.2, 0.25) is 10.3 Å². The first-order valence-corrected chi connectivity index (χ1v) is 12.4. The Balaban J connectivity index is 0.000000216. The Bertz CT molecular complexity index is 1470. The SMILES string of the molecule is CCOC(=O)c1cnc(-c2ccccc2O)nc1Cl.CCOC(=O)c1cnc(-c2ccccc2OC)nc1Cl. The number of rotatable bonds is 7. The largest absolute Gasteiger partial charge is 0.507 e. The third-order valence-electron chi connectivity index (χ3n) is 4.97. The lowest BCUT2D eigenvalue weighted by Crippen LogP contribution is -2.07. The van der Waals surface area contributed by atoms with Crippen LogP contribution in [-0.2, 0) is 9.47 Å². The monoisotopic (exact) mass is 570 g/mol. The molecule has 2 aromatic heterocycles. The summed E-state index contributed by atoms with van der Waals surface area (Å²) in [6, 6.07) is 13.9. The van der Waals surface area contributed by atoms with Crippen LogP contribution in [0.1, 0.15) is 34.6 Å². The van der Waals surface area contributed by atoms with Crippen LogP contribution in [0.5, 0.6) is 11.5 Å². The summed E-state index contributed by atoms with van der Waals surface area (Å²) >= 11 is 11.9. The van der Waals surface area contributed by atoms with Gasteiger partial charge in [0.15, 0.2) is 11.6 Å². The van der Waals surface area contributed by atoms with E-state index in [9.17, 15) is 14.7 Å². The average Bonchev–Trinajstić information content (AvgIpc) is 2.93. The summed E-state index contributed by atoms with van der Waals surface area (Å²) in [4.78, 5) is 39.5. The molecule has 10 nitrogen and oxygen atoms in total. The molecule has 0 aliphatic carbocycles. The zero-order valence-electron chi connectivity index (χ0n) is 21.2. The fourth-order valence-electron chi connectivity index (χ4n) is 3.17. The molecule has 0 amide bonds. The molecule has 0 bridgehead atoms. The highest BCUT2D eigenvalue weighted by Gasteiger charge is 2.17. The lowest BCUT2D eigenvalue weighted by molar-refractivity contribution is 0.0516. The summed E-state index contributed by atoms with van der Waals surface area (Å²) in [5.41, 5.74) is 1.39. The summed E-state index contributed by atoms with van der Waals surface area (Å²) in [6.07, 6.45) is 2.64. The Hall–Kier alpha value is -4.28.